The molecule has 0 aliphatic carbocycles. The Morgan fingerprint density at radius 2 is 1.58 bits per heavy atom. The van der Waals surface area contributed by atoms with Crippen LogP contribution in [0.4, 0.5) is 5.69 Å². The number of likely N-dealkylation sites (N-methyl/N-ethyl adjacent to an activating group) is 1. The van der Waals surface area contributed by atoms with Gasteiger partial charge in [0, 0.05) is 31.4 Å². The van der Waals surface area contributed by atoms with E-state index in [-0.39, 0.29) is 5.91 Å². The normalized spacial score (nSPS) is 9.95. The molecule has 0 radical (unpaired) electrons. The Balaban J connectivity index is 1.79. The van der Waals surface area contributed by atoms with Gasteiger partial charge in [-0.05, 0) is 24.3 Å². The molecule has 3 nitrogen and oxygen atoms in total. The first-order chi connectivity index (χ1) is 9.27. The standard InChI is InChI=1S/C16H18N2O/c1-18(15-10-6-3-7-11-15)13-12-17-16(19)14-8-4-2-5-9-14/h2-11H,12-13H2,1H3,(H,17,19). The quantitative estimate of drug-likeness (QED) is 0.889. The molecule has 19 heavy (non-hydrogen) atoms. The van der Waals surface area contributed by atoms with E-state index in [0.717, 1.165) is 12.2 Å². The van der Waals surface area contributed by atoms with E-state index in [1.165, 1.54) is 0 Å². The number of carbonyl (C=O) groups is 1. The minimum absolute atomic E-state index is 0.0259. The molecule has 0 unspecified atom stereocenters. The van der Waals surface area contributed by atoms with Crippen LogP contribution in [0.2, 0.25) is 0 Å². The maximum atomic E-state index is 11.8. The maximum absolute atomic E-state index is 11.8. The van der Waals surface area contributed by atoms with Gasteiger partial charge in [0.25, 0.3) is 5.91 Å². The van der Waals surface area contributed by atoms with Crippen molar-refractivity contribution in [2.24, 2.45) is 0 Å². The number of nitrogens with zero attached hydrogens (tertiary/aromatic N) is 1. The predicted molar refractivity (Wildman–Crippen MR) is 78.5 cm³/mol. The van der Waals surface area contributed by atoms with Crippen LogP contribution in [0.1, 0.15) is 10.4 Å². The number of hydrogen-bond donors (Lipinski definition) is 1. The van der Waals surface area contributed by atoms with Crippen LogP contribution in [-0.2, 0) is 0 Å². The molecule has 1 N–H and O–H groups in total. The molecule has 0 heterocycles. The molecule has 0 atom stereocenters. The zero-order chi connectivity index (χ0) is 13.5. The van der Waals surface area contributed by atoms with Gasteiger partial charge in [0.2, 0.25) is 0 Å². The Kier molecular flexibility index (Phi) is 4.56. The Hall–Kier alpha value is -2.29. The highest BCUT2D eigenvalue weighted by atomic mass is 16.1. The number of rotatable bonds is 5. The molecule has 3 heteroatoms. The van der Waals surface area contributed by atoms with E-state index in [1.807, 2.05) is 55.6 Å². The number of hydrogen-bond acceptors (Lipinski definition) is 2. The number of benzene rings is 2. The zero-order valence-electron chi connectivity index (χ0n) is 11.0. The Morgan fingerprint density at radius 3 is 2.21 bits per heavy atom. The van der Waals surface area contributed by atoms with Crippen LogP contribution in [0.15, 0.2) is 60.7 Å². The molecule has 0 bridgehead atoms. The van der Waals surface area contributed by atoms with Gasteiger partial charge >= 0.3 is 0 Å². The molecule has 0 aromatic heterocycles. The summed E-state index contributed by atoms with van der Waals surface area (Å²) in [5, 5.41) is 2.92. The van der Waals surface area contributed by atoms with Crippen molar-refractivity contribution >= 4 is 11.6 Å². The van der Waals surface area contributed by atoms with Gasteiger partial charge in [0.15, 0.2) is 0 Å². The number of nitrogens with one attached hydrogen (secondary N) is 1. The molecule has 0 aliphatic rings. The lowest BCUT2D eigenvalue weighted by molar-refractivity contribution is 0.0955. The summed E-state index contributed by atoms with van der Waals surface area (Å²) in [6.07, 6.45) is 0. The van der Waals surface area contributed by atoms with Crippen molar-refractivity contribution in [2.75, 3.05) is 25.0 Å². The lowest BCUT2D eigenvalue weighted by Crippen LogP contribution is -2.32. The second kappa shape index (κ2) is 6.59. The van der Waals surface area contributed by atoms with E-state index in [0.29, 0.717) is 12.1 Å². The van der Waals surface area contributed by atoms with Crippen LogP contribution in [0, 0.1) is 0 Å². The number of anilines is 1. The van der Waals surface area contributed by atoms with Crippen molar-refractivity contribution in [3.05, 3.63) is 66.2 Å². The number of para-hydroxylation sites is 1. The van der Waals surface area contributed by atoms with Gasteiger partial charge in [-0.1, -0.05) is 36.4 Å². The molecule has 0 saturated heterocycles. The van der Waals surface area contributed by atoms with E-state index in [4.69, 9.17) is 0 Å². The second-order valence-electron chi connectivity index (χ2n) is 4.38. The van der Waals surface area contributed by atoms with Gasteiger partial charge in [-0.3, -0.25) is 4.79 Å². The summed E-state index contributed by atoms with van der Waals surface area (Å²) in [4.78, 5) is 13.9. The molecule has 0 saturated carbocycles. The molecule has 0 spiro atoms. The van der Waals surface area contributed by atoms with Gasteiger partial charge in [-0.15, -0.1) is 0 Å². The summed E-state index contributed by atoms with van der Waals surface area (Å²) in [6.45, 7) is 1.40. The highest BCUT2D eigenvalue weighted by Gasteiger charge is 2.04. The van der Waals surface area contributed by atoms with Crippen LogP contribution < -0.4 is 10.2 Å². The third kappa shape index (κ3) is 3.85. The lowest BCUT2D eigenvalue weighted by atomic mass is 10.2. The van der Waals surface area contributed by atoms with E-state index < -0.39 is 0 Å². The van der Waals surface area contributed by atoms with Crippen LogP contribution in [0.5, 0.6) is 0 Å². The molecule has 0 aliphatic heterocycles. The minimum atomic E-state index is -0.0259. The van der Waals surface area contributed by atoms with Gasteiger partial charge in [0.1, 0.15) is 0 Å². The smallest absolute Gasteiger partial charge is 0.251 e. The first-order valence-corrected chi connectivity index (χ1v) is 6.37. The highest BCUT2D eigenvalue weighted by molar-refractivity contribution is 5.94. The van der Waals surface area contributed by atoms with Crippen LogP contribution in [0.3, 0.4) is 0 Å². The van der Waals surface area contributed by atoms with Crippen molar-refractivity contribution in [2.45, 2.75) is 0 Å². The van der Waals surface area contributed by atoms with E-state index in [1.54, 1.807) is 0 Å². The highest BCUT2D eigenvalue weighted by Crippen LogP contribution is 2.09. The average molecular weight is 254 g/mol. The van der Waals surface area contributed by atoms with Crippen molar-refractivity contribution in [1.82, 2.24) is 5.32 Å². The number of carbonyl (C=O) groups excluding carboxylic acids is 1. The van der Waals surface area contributed by atoms with Gasteiger partial charge < -0.3 is 10.2 Å². The Morgan fingerprint density at radius 1 is 1.00 bits per heavy atom. The fourth-order valence-electron chi connectivity index (χ4n) is 1.84. The number of amides is 1. The minimum Gasteiger partial charge on any atom is -0.373 e. The van der Waals surface area contributed by atoms with Crippen molar-refractivity contribution in [3.63, 3.8) is 0 Å². The van der Waals surface area contributed by atoms with E-state index in [9.17, 15) is 4.79 Å². The van der Waals surface area contributed by atoms with Crippen molar-refractivity contribution in [1.29, 1.82) is 0 Å². The van der Waals surface area contributed by atoms with E-state index in [2.05, 4.69) is 22.3 Å². The van der Waals surface area contributed by atoms with Gasteiger partial charge in [0.05, 0.1) is 0 Å². The zero-order valence-corrected chi connectivity index (χ0v) is 11.0. The molecular weight excluding hydrogens is 236 g/mol. The molecular formula is C16H18N2O. The summed E-state index contributed by atoms with van der Waals surface area (Å²) in [6, 6.07) is 19.4. The first kappa shape index (κ1) is 13.1. The van der Waals surface area contributed by atoms with Crippen molar-refractivity contribution in [3.8, 4) is 0 Å². The largest absolute Gasteiger partial charge is 0.373 e. The van der Waals surface area contributed by atoms with Gasteiger partial charge in [-0.25, -0.2) is 0 Å². The lowest BCUT2D eigenvalue weighted by Gasteiger charge is -2.19. The SMILES string of the molecule is CN(CCNC(=O)c1ccccc1)c1ccccc1. The maximum Gasteiger partial charge on any atom is 0.251 e. The average Bonchev–Trinajstić information content (AvgIpc) is 2.49. The Labute approximate surface area is 113 Å². The molecule has 1 amide bonds. The third-order valence-corrected chi connectivity index (χ3v) is 2.97. The predicted octanol–water partition coefficient (Wildman–Crippen LogP) is 2.55. The first-order valence-electron chi connectivity index (χ1n) is 6.37. The molecule has 98 valence electrons. The molecule has 2 aromatic rings. The fourth-order valence-corrected chi connectivity index (χ4v) is 1.84. The van der Waals surface area contributed by atoms with Crippen molar-refractivity contribution < 1.29 is 4.79 Å². The third-order valence-electron chi connectivity index (χ3n) is 2.97. The summed E-state index contributed by atoms with van der Waals surface area (Å²) in [5.41, 5.74) is 1.85. The second-order valence-corrected chi connectivity index (χ2v) is 4.38. The summed E-state index contributed by atoms with van der Waals surface area (Å²) in [5.74, 6) is -0.0259. The van der Waals surface area contributed by atoms with Crippen LogP contribution in [0.25, 0.3) is 0 Å². The molecule has 2 rings (SSSR count). The van der Waals surface area contributed by atoms with E-state index >= 15 is 0 Å². The Bertz CT molecular complexity index is 511. The monoisotopic (exact) mass is 254 g/mol. The topological polar surface area (TPSA) is 32.3 Å². The van der Waals surface area contributed by atoms with Gasteiger partial charge in [-0.2, -0.15) is 0 Å². The molecule has 2 aromatic carbocycles. The van der Waals surface area contributed by atoms with Crippen LogP contribution >= 0.6 is 0 Å². The summed E-state index contributed by atoms with van der Waals surface area (Å²) >= 11 is 0. The molecule has 0 fully saturated rings. The van der Waals surface area contributed by atoms with Crippen LogP contribution in [-0.4, -0.2) is 26.0 Å². The fraction of sp³-hybridized carbons (Fsp3) is 0.188. The summed E-state index contributed by atoms with van der Waals surface area (Å²) < 4.78 is 0. The summed E-state index contributed by atoms with van der Waals surface area (Å²) in [7, 11) is 2.02.